The molecule has 6 nitrogen and oxygen atoms in total. The number of anilines is 3. The Labute approximate surface area is 127 Å². The maximum Gasteiger partial charge on any atom is 0.230 e. The first-order valence-electron chi connectivity index (χ1n) is 6.62. The third-order valence-corrected chi connectivity index (χ3v) is 2.86. The molecule has 4 N–H and O–H groups in total. The number of benzene rings is 2. The van der Waals surface area contributed by atoms with E-state index in [0.717, 1.165) is 0 Å². The summed E-state index contributed by atoms with van der Waals surface area (Å²) in [5.74, 6) is 1.40. The molecule has 3 aromatic rings. The van der Waals surface area contributed by atoms with Crippen molar-refractivity contribution in [1.29, 1.82) is 0 Å². The van der Waals surface area contributed by atoms with E-state index >= 15 is 0 Å². The van der Waals surface area contributed by atoms with Gasteiger partial charge in [-0.1, -0.05) is 18.2 Å². The number of rotatable bonds is 4. The van der Waals surface area contributed by atoms with Gasteiger partial charge in [0.25, 0.3) is 0 Å². The molecule has 0 aliphatic heterocycles. The fourth-order valence-corrected chi connectivity index (χ4v) is 1.86. The maximum absolute atomic E-state index is 9.74. The molecule has 0 saturated carbocycles. The molecule has 22 heavy (non-hydrogen) atoms. The zero-order chi connectivity index (χ0) is 15.4. The zero-order valence-corrected chi connectivity index (χ0v) is 11.6. The predicted molar refractivity (Wildman–Crippen MR) is 84.3 cm³/mol. The van der Waals surface area contributed by atoms with Crippen LogP contribution in [-0.4, -0.2) is 15.1 Å². The summed E-state index contributed by atoms with van der Waals surface area (Å²) in [6.07, 6.45) is 1.57. The lowest BCUT2D eigenvalue weighted by molar-refractivity contribution is 0.462. The molecule has 1 heterocycles. The highest BCUT2D eigenvalue weighted by Crippen LogP contribution is 2.26. The summed E-state index contributed by atoms with van der Waals surface area (Å²) in [6, 6.07) is 15.5. The largest absolute Gasteiger partial charge is 0.506 e. The second kappa shape index (κ2) is 6.01. The Hall–Kier alpha value is -3.28. The van der Waals surface area contributed by atoms with E-state index in [0.29, 0.717) is 29.0 Å². The molecule has 1 aromatic heterocycles. The highest BCUT2D eigenvalue weighted by atomic mass is 16.5. The van der Waals surface area contributed by atoms with E-state index in [-0.39, 0.29) is 5.75 Å². The monoisotopic (exact) mass is 294 g/mol. The van der Waals surface area contributed by atoms with E-state index < -0.39 is 0 Å². The molecule has 0 fully saturated rings. The van der Waals surface area contributed by atoms with Gasteiger partial charge in [0.05, 0.1) is 5.69 Å². The summed E-state index contributed by atoms with van der Waals surface area (Å²) in [5, 5.41) is 12.7. The van der Waals surface area contributed by atoms with Crippen molar-refractivity contribution < 1.29 is 9.84 Å². The normalized spacial score (nSPS) is 10.2. The van der Waals surface area contributed by atoms with Crippen LogP contribution in [0, 0.1) is 0 Å². The Kier molecular flexibility index (Phi) is 3.74. The van der Waals surface area contributed by atoms with Crippen molar-refractivity contribution in [1.82, 2.24) is 9.97 Å². The minimum Gasteiger partial charge on any atom is -0.506 e. The SMILES string of the molecule is Nc1cccc(Oc2ccnc(Nc3ccccc3O)n2)c1. The summed E-state index contributed by atoms with van der Waals surface area (Å²) in [6.45, 7) is 0. The standard InChI is InChI=1S/C16H14N4O2/c17-11-4-3-5-12(10-11)22-15-8-9-18-16(20-15)19-13-6-1-2-7-14(13)21/h1-10,21H,17H2,(H,18,19,20). The molecule has 0 unspecified atom stereocenters. The molecule has 110 valence electrons. The molecule has 0 radical (unpaired) electrons. The van der Waals surface area contributed by atoms with Gasteiger partial charge in [-0.3, -0.25) is 0 Å². The topological polar surface area (TPSA) is 93.3 Å². The lowest BCUT2D eigenvalue weighted by Crippen LogP contribution is -1.98. The summed E-state index contributed by atoms with van der Waals surface area (Å²) in [4.78, 5) is 8.33. The average molecular weight is 294 g/mol. The number of hydrogen-bond donors (Lipinski definition) is 3. The Morgan fingerprint density at radius 2 is 1.91 bits per heavy atom. The van der Waals surface area contributed by atoms with Crippen molar-refractivity contribution in [2.75, 3.05) is 11.1 Å². The van der Waals surface area contributed by atoms with Crippen LogP contribution in [-0.2, 0) is 0 Å². The molecule has 0 aliphatic carbocycles. The van der Waals surface area contributed by atoms with Crippen LogP contribution < -0.4 is 15.8 Å². The summed E-state index contributed by atoms with van der Waals surface area (Å²) < 4.78 is 5.63. The van der Waals surface area contributed by atoms with Gasteiger partial charge in [-0.05, 0) is 24.3 Å². The van der Waals surface area contributed by atoms with Gasteiger partial charge in [0.2, 0.25) is 11.8 Å². The molecular weight excluding hydrogens is 280 g/mol. The Balaban J connectivity index is 1.79. The Morgan fingerprint density at radius 1 is 1.05 bits per heavy atom. The highest BCUT2D eigenvalue weighted by Gasteiger charge is 2.05. The van der Waals surface area contributed by atoms with Crippen LogP contribution in [0.3, 0.4) is 0 Å². The molecule has 2 aromatic carbocycles. The molecule has 0 spiro atoms. The predicted octanol–water partition coefficient (Wildman–Crippen LogP) is 3.30. The van der Waals surface area contributed by atoms with Gasteiger partial charge < -0.3 is 20.9 Å². The van der Waals surface area contributed by atoms with E-state index in [1.165, 1.54) is 0 Å². The third-order valence-electron chi connectivity index (χ3n) is 2.86. The number of para-hydroxylation sites is 2. The number of nitrogen functional groups attached to an aromatic ring is 1. The molecule has 0 aliphatic rings. The smallest absolute Gasteiger partial charge is 0.230 e. The molecule has 6 heteroatoms. The minimum absolute atomic E-state index is 0.119. The van der Waals surface area contributed by atoms with Crippen molar-refractivity contribution in [2.45, 2.75) is 0 Å². The molecule has 3 rings (SSSR count). The van der Waals surface area contributed by atoms with Crippen molar-refractivity contribution >= 4 is 17.3 Å². The first-order chi connectivity index (χ1) is 10.7. The number of aromatic hydroxyl groups is 1. The van der Waals surface area contributed by atoms with E-state index in [9.17, 15) is 5.11 Å². The number of phenols is 1. The van der Waals surface area contributed by atoms with E-state index in [1.54, 1.807) is 60.8 Å². The van der Waals surface area contributed by atoms with Crippen LogP contribution in [0.15, 0.2) is 60.8 Å². The third kappa shape index (κ3) is 3.24. The number of nitrogens with zero attached hydrogens (tertiary/aromatic N) is 2. The number of nitrogens with two attached hydrogens (primary N) is 1. The molecule has 0 atom stereocenters. The molecule has 0 saturated heterocycles. The van der Waals surface area contributed by atoms with E-state index in [2.05, 4.69) is 15.3 Å². The van der Waals surface area contributed by atoms with Gasteiger partial charge in [0.15, 0.2) is 0 Å². The van der Waals surface area contributed by atoms with Gasteiger partial charge in [0, 0.05) is 24.0 Å². The first kappa shape index (κ1) is 13.7. The van der Waals surface area contributed by atoms with Crippen LogP contribution in [0.5, 0.6) is 17.4 Å². The highest BCUT2D eigenvalue weighted by molar-refractivity contribution is 5.61. The van der Waals surface area contributed by atoms with Crippen LogP contribution in [0.2, 0.25) is 0 Å². The quantitative estimate of drug-likeness (QED) is 0.505. The maximum atomic E-state index is 9.74. The van der Waals surface area contributed by atoms with Gasteiger partial charge in [0.1, 0.15) is 11.5 Å². The van der Waals surface area contributed by atoms with E-state index in [1.807, 2.05) is 0 Å². The Morgan fingerprint density at radius 3 is 2.73 bits per heavy atom. The van der Waals surface area contributed by atoms with Crippen LogP contribution >= 0.6 is 0 Å². The summed E-state index contributed by atoms with van der Waals surface area (Å²) in [7, 11) is 0. The summed E-state index contributed by atoms with van der Waals surface area (Å²) in [5.41, 5.74) is 6.84. The second-order valence-electron chi connectivity index (χ2n) is 4.54. The number of hydrogen-bond acceptors (Lipinski definition) is 6. The number of ether oxygens (including phenoxy) is 1. The minimum atomic E-state index is 0.119. The molecular formula is C16H14N4O2. The zero-order valence-electron chi connectivity index (χ0n) is 11.6. The first-order valence-corrected chi connectivity index (χ1v) is 6.62. The van der Waals surface area contributed by atoms with Gasteiger partial charge in [-0.15, -0.1) is 0 Å². The Bertz CT molecular complexity index is 792. The van der Waals surface area contributed by atoms with Crippen LogP contribution in [0.25, 0.3) is 0 Å². The fourth-order valence-electron chi connectivity index (χ4n) is 1.86. The van der Waals surface area contributed by atoms with Crippen molar-refractivity contribution in [3.63, 3.8) is 0 Å². The van der Waals surface area contributed by atoms with Crippen molar-refractivity contribution in [3.8, 4) is 17.4 Å². The van der Waals surface area contributed by atoms with Crippen LogP contribution in [0.4, 0.5) is 17.3 Å². The summed E-state index contributed by atoms with van der Waals surface area (Å²) >= 11 is 0. The lowest BCUT2D eigenvalue weighted by Gasteiger charge is -2.09. The van der Waals surface area contributed by atoms with Crippen molar-refractivity contribution in [3.05, 3.63) is 60.8 Å². The molecule has 0 bridgehead atoms. The van der Waals surface area contributed by atoms with Crippen molar-refractivity contribution in [2.24, 2.45) is 0 Å². The van der Waals surface area contributed by atoms with Gasteiger partial charge in [-0.25, -0.2) is 4.98 Å². The van der Waals surface area contributed by atoms with Gasteiger partial charge >= 0.3 is 0 Å². The van der Waals surface area contributed by atoms with E-state index in [4.69, 9.17) is 10.5 Å². The second-order valence-corrected chi connectivity index (χ2v) is 4.54. The number of nitrogens with one attached hydrogen (secondary N) is 1. The fraction of sp³-hybridized carbons (Fsp3) is 0. The van der Waals surface area contributed by atoms with Crippen LogP contribution in [0.1, 0.15) is 0 Å². The van der Waals surface area contributed by atoms with Gasteiger partial charge in [-0.2, -0.15) is 4.98 Å². The number of aromatic nitrogens is 2. The molecule has 0 amide bonds. The number of phenolic OH excluding ortho intramolecular Hbond substituents is 1. The lowest BCUT2D eigenvalue weighted by atomic mass is 10.3. The average Bonchev–Trinajstić information content (AvgIpc) is 2.50.